The molecule has 1 aromatic carbocycles. The summed E-state index contributed by atoms with van der Waals surface area (Å²) in [5.41, 5.74) is 7.71. The molecule has 0 spiro atoms. The fourth-order valence-corrected chi connectivity index (χ4v) is 4.17. The van der Waals surface area contributed by atoms with Crippen LogP contribution < -0.4 is 11.1 Å². The van der Waals surface area contributed by atoms with Gasteiger partial charge in [0.1, 0.15) is 5.82 Å². The number of benzene rings is 1. The Bertz CT molecular complexity index is 851. The number of carbonyl (C=O) groups excluding carboxylic acids is 2. The lowest BCUT2D eigenvalue weighted by Gasteiger charge is -2.32. The number of thiazole rings is 1. The number of nitrogens with two attached hydrogens (primary N) is 1. The molecule has 2 amide bonds. The van der Waals surface area contributed by atoms with Crippen molar-refractivity contribution in [1.82, 2.24) is 9.88 Å². The van der Waals surface area contributed by atoms with Crippen LogP contribution in [0.25, 0.3) is 0 Å². The average Bonchev–Trinajstić information content (AvgIpc) is 2.93. The zero-order chi connectivity index (χ0) is 16.8. The molecular formula is C16H15FN4O2S. The minimum Gasteiger partial charge on any atom is -0.375 e. The summed E-state index contributed by atoms with van der Waals surface area (Å²) in [6, 6.07) is 4.11. The molecule has 3 N–H and O–H groups in total. The Morgan fingerprint density at radius 2 is 2.29 bits per heavy atom. The molecule has 0 saturated carbocycles. The van der Waals surface area contributed by atoms with E-state index in [1.807, 2.05) is 0 Å². The number of hydrogen-bond donors (Lipinski definition) is 2. The highest BCUT2D eigenvalue weighted by Gasteiger charge is 2.35. The second-order valence-electron chi connectivity index (χ2n) is 5.97. The first-order valence-corrected chi connectivity index (χ1v) is 8.45. The van der Waals surface area contributed by atoms with Crippen molar-refractivity contribution in [1.29, 1.82) is 0 Å². The highest BCUT2D eigenvalue weighted by Crippen LogP contribution is 2.35. The minimum atomic E-state index is -0.656. The number of hydrogen-bond acceptors (Lipinski definition) is 5. The van der Waals surface area contributed by atoms with Gasteiger partial charge in [-0.25, -0.2) is 9.37 Å². The zero-order valence-electron chi connectivity index (χ0n) is 12.7. The smallest absolute Gasteiger partial charge is 0.231 e. The van der Waals surface area contributed by atoms with Crippen molar-refractivity contribution in [2.45, 2.75) is 25.3 Å². The van der Waals surface area contributed by atoms with Gasteiger partial charge in [-0.1, -0.05) is 0 Å². The summed E-state index contributed by atoms with van der Waals surface area (Å²) in [7, 11) is 0. The third-order valence-electron chi connectivity index (χ3n) is 4.41. The molecule has 0 bridgehead atoms. The quantitative estimate of drug-likeness (QED) is 0.825. The van der Waals surface area contributed by atoms with Crippen molar-refractivity contribution in [3.8, 4) is 0 Å². The van der Waals surface area contributed by atoms with Crippen LogP contribution in [0.1, 0.15) is 28.5 Å². The fourth-order valence-electron chi connectivity index (χ4n) is 3.28. The van der Waals surface area contributed by atoms with Gasteiger partial charge in [0.25, 0.3) is 0 Å². The molecule has 8 heteroatoms. The molecule has 0 saturated heterocycles. The maximum atomic E-state index is 13.6. The number of halogens is 1. The number of carbonyl (C=O) groups is 2. The molecule has 124 valence electrons. The van der Waals surface area contributed by atoms with Crippen LogP contribution >= 0.6 is 11.3 Å². The van der Waals surface area contributed by atoms with Crippen LogP contribution in [0, 0.1) is 5.82 Å². The van der Waals surface area contributed by atoms with E-state index < -0.39 is 11.7 Å². The molecule has 1 aromatic heterocycles. The summed E-state index contributed by atoms with van der Waals surface area (Å²) in [5, 5.41) is 3.19. The molecule has 0 unspecified atom stereocenters. The summed E-state index contributed by atoms with van der Waals surface area (Å²) in [6.45, 7) is 0.962. The van der Waals surface area contributed by atoms with Crippen LogP contribution in [0.4, 0.5) is 15.2 Å². The van der Waals surface area contributed by atoms with Crippen LogP contribution in [0.2, 0.25) is 0 Å². The van der Waals surface area contributed by atoms with Gasteiger partial charge in [0.2, 0.25) is 11.8 Å². The van der Waals surface area contributed by atoms with E-state index in [1.54, 1.807) is 4.90 Å². The maximum Gasteiger partial charge on any atom is 0.231 e. The monoisotopic (exact) mass is 346 g/mol. The molecule has 0 fully saturated rings. The lowest BCUT2D eigenvalue weighted by Crippen LogP contribution is -2.41. The largest absolute Gasteiger partial charge is 0.375 e. The van der Waals surface area contributed by atoms with Crippen LogP contribution in [-0.2, 0) is 22.6 Å². The Hall–Kier alpha value is -2.48. The summed E-state index contributed by atoms with van der Waals surface area (Å²) in [6.07, 6.45) is 0.674. The Kier molecular flexibility index (Phi) is 3.49. The molecule has 2 aliphatic rings. The van der Waals surface area contributed by atoms with Gasteiger partial charge in [-0.3, -0.25) is 9.59 Å². The lowest BCUT2D eigenvalue weighted by molar-refractivity contribution is -0.135. The number of rotatable bonds is 1. The normalized spacial score (nSPS) is 19.5. The number of anilines is 2. The fraction of sp³-hybridized carbons (Fsp3) is 0.312. The highest BCUT2D eigenvalue weighted by molar-refractivity contribution is 7.15. The van der Waals surface area contributed by atoms with Gasteiger partial charge in [0.05, 0.1) is 18.2 Å². The first kappa shape index (κ1) is 15.1. The van der Waals surface area contributed by atoms with Gasteiger partial charge in [-0.2, -0.15) is 0 Å². The van der Waals surface area contributed by atoms with Gasteiger partial charge in [-0.05, 0) is 23.8 Å². The molecule has 6 nitrogen and oxygen atoms in total. The number of aromatic nitrogens is 1. The molecule has 1 atom stereocenters. The zero-order valence-corrected chi connectivity index (χ0v) is 13.5. The molecule has 0 radical (unpaired) electrons. The summed E-state index contributed by atoms with van der Waals surface area (Å²) in [5.74, 6) is -1.46. The third-order valence-corrected chi connectivity index (χ3v) is 5.32. The lowest BCUT2D eigenvalue weighted by atomic mass is 9.89. The van der Waals surface area contributed by atoms with Crippen LogP contribution in [-0.4, -0.2) is 28.2 Å². The summed E-state index contributed by atoms with van der Waals surface area (Å²) >= 11 is 1.38. The van der Waals surface area contributed by atoms with E-state index in [1.165, 1.54) is 29.5 Å². The SMILES string of the molecule is Nc1nc2c(s1)CN(C(=O)[C@H]1CC(=O)Nc3ccc(F)cc31)CC2. The molecule has 2 aliphatic heterocycles. The number of nitrogen functional groups attached to an aromatic ring is 1. The topological polar surface area (TPSA) is 88.3 Å². The first-order valence-electron chi connectivity index (χ1n) is 7.63. The molecule has 4 rings (SSSR count). The highest BCUT2D eigenvalue weighted by atomic mass is 32.1. The van der Waals surface area contributed by atoms with Crippen LogP contribution in [0.5, 0.6) is 0 Å². The second-order valence-corrected chi connectivity index (χ2v) is 7.08. The van der Waals surface area contributed by atoms with Crippen molar-refractivity contribution >= 4 is 34.0 Å². The third kappa shape index (κ3) is 2.52. The van der Waals surface area contributed by atoms with E-state index in [0.29, 0.717) is 35.9 Å². The predicted octanol–water partition coefficient (Wildman–Crippen LogP) is 1.88. The Labute approximate surface area is 141 Å². The number of fused-ring (bicyclic) bond motifs is 2. The molecule has 3 heterocycles. The van der Waals surface area contributed by atoms with E-state index in [9.17, 15) is 14.0 Å². The maximum absolute atomic E-state index is 13.6. The second kappa shape index (κ2) is 5.55. The molecule has 2 aromatic rings. The predicted molar refractivity (Wildman–Crippen MR) is 88.0 cm³/mol. The van der Waals surface area contributed by atoms with E-state index in [0.717, 1.165) is 10.6 Å². The van der Waals surface area contributed by atoms with Crippen molar-refractivity contribution in [2.24, 2.45) is 0 Å². The van der Waals surface area contributed by atoms with E-state index in [4.69, 9.17) is 5.73 Å². The van der Waals surface area contributed by atoms with E-state index in [2.05, 4.69) is 10.3 Å². The number of nitrogens with zero attached hydrogens (tertiary/aromatic N) is 2. The van der Waals surface area contributed by atoms with Gasteiger partial charge >= 0.3 is 0 Å². The standard InChI is InChI=1S/C16H15FN4O2S/c17-8-1-2-11-9(5-8)10(6-14(22)19-11)15(23)21-4-3-12-13(7-21)24-16(18)20-12/h1-2,5,10H,3-4,6-7H2,(H2,18,20)(H,19,22)/t10-/m0/s1. The Balaban J connectivity index is 1.63. The number of amides is 2. The molecule has 24 heavy (non-hydrogen) atoms. The van der Waals surface area contributed by atoms with Crippen molar-refractivity contribution in [2.75, 3.05) is 17.6 Å². The Morgan fingerprint density at radius 3 is 3.12 bits per heavy atom. The Morgan fingerprint density at radius 1 is 1.46 bits per heavy atom. The average molecular weight is 346 g/mol. The van der Waals surface area contributed by atoms with Gasteiger partial charge in [-0.15, -0.1) is 11.3 Å². The first-order chi connectivity index (χ1) is 11.5. The molecular weight excluding hydrogens is 331 g/mol. The van der Waals surface area contributed by atoms with E-state index in [-0.39, 0.29) is 18.2 Å². The minimum absolute atomic E-state index is 0.0312. The van der Waals surface area contributed by atoms with E-state index >= 15 is 0 Å². The van der Waals surface area contributed by atoms with Crippen molar-refractivity contribution < 1.29 is 14.0 Å². The molecule has 0 aliphatic carbocycles. The summed E-state index contributed by atoms with van der Waals surface area (Å²) < 4.78 is 13.6. The van der Waals surface area contributed by atoms with Crippen LogP contribution in [0.3, 0.4) is 0 Å². The number of nitrogens with one attached hydrogen (secondary N) is 1. The van der Waals surface area contributed by atoms with Crippen LogP contribution in [0.15, 0.2) is 18.2 Å². The van der Waals surface area contributed by atoms with Gasteiger partial charge < -0.3 is 16.0 Å². The van der Waals surface area contributed by atoms with Gasteiger partial charge in [0.15, 0.2) is 5.13 Å². The van der Waals surface area contributed by atoms with Crippen molar-refractivity contribution in [3.63, 3.8) is 0 Å². The van der Waals surface area contributed by atoms with Crippen molar-refractivity contribution in [3.05, 3.63) is 40.2 Å². The van der Waals surface area contributed by atoms with Gasteiger partial charge in [0, 0.05) is 30.0 Å². The summed E-state index contributed by atoms with van der Waals surface area (Å²) in [4.78, 5) is 31.8.